The van der Waals surface area contributed by atoms with Crippen LogP contribution in [0.4, 0.5) is 0 Å². The molecule has 1 fully saturated rings. The van der Waals surface area contributed by atoms with Gasteiger partial charge in [-0.3, -0.25) is 9.69 Å². The van der Waals surface area contributed by atoms with Gasteiger partial charge in [0.05, 0.1) is 13.1 Å². The van der Waals surface area contributed by atoms with Crippen LogP contribution in [0, 0.1) is 5.92 Å². The Kier molecular flexibility index (Phi) is 4.37. The van der Waals surface area contributed by atoms with Crippen molar-refractivity contribution in [1.29, 1.82) is 0 Å². The summed E-state index contributed by atoms with van der Waals surface area (Å²) in [5, 5.41) is 2.04. The first-order chi connectivity index (χ1) is 8.56. The van der Waals surface area contributed by atoms with Crippen molar-refractivity contribution in [3.63, 3.8) is 0 Å². The van der Waals surface area contributed by atoms with Gasteiger partial charge in [0.25, 0.3) is 0 Å². The van der Waals surface area contributed by atoms with E-state index >= 15 is 0 Å². The van der Waals surface area contributed by atoms with Crippen molar-refractivity contribution >= 4 is 17.2 Å². The normalized spacial score (nSPS) is 24.4. The molecule has 1 aromatic rings. The number of nitrogens with zero attached hydrogens (tertiary/aromatic N) is 2. The molecule has 1 aliphatic heterocycles. The molecule has 2 N–H and O–H groups in total. The van der Waals surface area contributed by atoms with Crippen LogP contribution in [0.3, 0.4) is 0 Å². The van der Waals surface area contributed by atoms with Crippen molar-refractivity contribution in [1.82, 2.24) is 9.80 Å². The van der Waals surface area contributed by atoms with E-state index < -0.39 is 0 Å². The molecule has 2 heterocycles. The first-order valence-corrected chi connectivity index (χ1v) is 7.18. The second kappa shape index (κ2) is 5.82. The van der Waals surface area contributed by atoms with Gasteiger partial charge in [0, 0.05) is 31.1 Å². The monoisotopic (exact) mass is 267 g/mol. The Hall–Kier alpha value is -0.910. The fourth-order valence-corrected chi connectivity index (χ4v) is 3.02. The van der Waals surface area contributed by atoms with Gasteiger partial charge in [-0.2, -0.15) is 0 Å². The number of carbonyl (C=O) groups is 1. The number of thiophene rings is 1. The molecule has 0 saturated carbocycles. The Balaban J connectivity index is 1.81. The molecule has 0 aromatic carbocycles. The minimum atomic E-state index is 0.171. The van der Waals surface area contributed by atoms with Crippen molar-refractivity contribution < 1.29 is 4.79 Å². The molecule has 2 atom stereocenters. The lowest BCUT2D eigenvalue weighted by Gasteiger charge is -2.21. The lowest BCUT2D eigenvalue weighted by Crippen LogP contribution is -2.38. The summed E-state index contributed by atoms with van der Waals surface area (Å²) in [6.45, 7) is 5.09. The molecule has 2 rings (SSSR count). The molecular formula is C13H21N3OS. The average molecular weight is 267 g/mol. The second-order valence-corrected chi connectivity index (χ2v) is 6.20. The summed E-state index contributed by atoms with van der Waals surface area (Å²) in [6, 6.07) is 4.28. The molecule has 1 aliphatic rings. The van der Waals surface area contributed by atoms with E-state index in [0.29, 0.717) is 19.0 Å². The minimum Gasteiger partial charge on any atom is -0.340 e. The second-order valence-electron chi connectivity index (χ2n) is 5.16. The van der Waals surface area contributed by atoms with E-state index in [4.69, 9.17) is 5.73 Å². The Morgan fingerprint density at radius 2 is 2.39 bits per heavy atom. The van der Waals surface area contributed by atoms with Crippen LogP contribution in [0.5, 0.6) is 0 Å². The number of rotatable bonds is 4. The van der Waals surface area contributed by atoms with Crippen molar-refractivity contribution in [2.45, 2.75) is 19.5 Å². The number of amides is 1. The van der Waals surface area contributed by atoms with Gasteiger partial charge in [0.15, 0.2) is 0 Å². The number of hydrogen-bond acceptors (Lipinski definition) is 4. The summed E-state index contributed by atoms with van der Waals surface area (Å²) in [5.74, 6) is 0.658. The van der Waals surface area contributed by atoms with Gasteiger partial charge in [0.2, 0.25) is 5.91 Å². The fourth-order valence-electron chi connectivity index (χ4n) is 2.26. The summed E-state index contributed by atoms with van der Waals surface area (Å²) >= 11 is 1.68. The van der Waals surface area contributed by atoms with E-state index in [1.54, 1.807) is 16.2 Å². The largest absolute Gasteiger partial charge is 0.340 e. The van der Waals surface area contributed by atoms with Gasteiger partial charge < -0.3 is 10.6 Å². The predicted molar refractivity (Wildman–Crippen MR) is 74.4 cm³/mol. The van der Waals surface area contributed by atoms with E-state index in [1.807, 2.05) is 18.5 Å². The Morgan fingerprint density at radius 3 is 2.94 bits per heavy atom. The summed E-state index contributed by atoms with van der Waals surface area (Å²) in [4.78, 5) is 17.3. The van der Waals surface area contributed by atoms with E-state index in [1.165, 1.54) is 4.88 Å². The molecule has 0 spiro atoms. The van der Waals surface area contributed by atoms with Gasteiger partial charge in [-0.15, -0.1) is 11.3 Å². The van der Waals surface area contributed by atoms with Crippen LogP contribution in [0.2, 0.25) is 0 Å². The maximum Gasteiger partial charge on any atom is 0.236 e. The maximum atomic E-state index is 12.1. The molecule has 1 saturated heterocycles. The fraction of sp³-hybridized carbons (Fsp3) is 0.615. The van der Waals surface area contributed by atoms with Crippen molar-refractivity contribution in [3.8, 4) is 0 Å². The lowest BCUT2D eigenvalue weighted by atomic mass is 10.1. The van der Waals surface area contributed by atoms with Crippen molar-refractivity contribution in [3.05, 3.63) is 22.4 Å². The predicted octanol–water partition coefficient (Wildman–Crippen LogP) is 0.985. The first-order valence-electron chi connectivity index (χ1n) is 6.30. The molecule has 1 aromatic heterocycles. The Morgan fingerprint density at radius 1 is 1.61 bits per heavy atom. The van der Waals surface area contributed by atoms with Crippen LogP contribution in [-0.2, 0) is 11.3 Å². The highest BCUT2D eigenvalue weighted by Crippen LogP contribution is 2.15. The molecule has 0 aliphatic carbocycles. The number of hydrogen-bond donors (Lipinski definition) is 1. The summed E-state index contributed by atoms with van der Waals surface area (Å²) in [7, 11) is 1.86. The van der Waals surface area contributed by atoms with E-state index in [-0.39, 0.29) is 11.9 Å². The third-order valence-electron chi connectivity index (χ3n) is 3.50. The highest BCUT2D eigenvalue weighted by atomic mass is 32.1. The molecule has 5 heteroatoms. The zero-order chi connectivity index (χ0) is 13.1. The van der Waals surface area contributed by atoms with Crippen molar-refractivity contribution in [2.24, 2.45) is 11.7 Å². The first kappa shape index (κ1) is 13.5. The zero-order valence-electron chi connectivity index (χ0n) is 11.0. The van der Waals surface area contributed by atoms with Gasteiger partial charge in [-0.25, -0.2) is 0 Å². The standard InChI is InChI=1S/C13H21N3OS/c1-10-6-16(8-12(10)14)9-13(17)15(2)7-11-4-3-5-18-11/h3-5,10,12H,6-9,14H2,1-2H3. The topological polar surface area (TPSA) is 49.6 Å². The minimum absolute atomic E-state index is 0.171. The third kappa shape index (κ3) is 3.31. The Bertz CT molecular complexity index is 383. The SMILES string of the molecule is CC1CN(CC(=O)N(C)Cc2cccs2)CC1N. The smallest absolute Gasteiger partial charge is 0.236 e. The zero-order valence-corrected chi connectivity index (χ0v) is 11.8. The highest BCUT2D eigenvalue weighted by Gasteiger charge is 2.28. The van der Waals surface area contributed by atoms with E-state index in [0.717, 1.165) is 13.1 Å². The number of likely N-dealkylation sites (N-methyl/N-ethyl adjacent to an activating group) is 1. The summed E-state index contributed by atoms with van der Waals surface area (Å²) < 4.78 is 0. The summed E-state index contributed by atoms with van der Waals surface area (Å²) in [5.41, 5.74) is 5.97. The van der Waals surface area contributed by atoms with E-state index in [2.05, 4.69) is 17.9 Å². The quantitative estimate of drug-likeness (QED) is 0.885. The summed E-state index contributed by atoms with van der Waals surface area (Å²) in [6.07, 6.45) is 0. The molecule has 100 valence electrons. The molecule has 0 bridgehead atoms. The van der Waals surface area contributed by atoms with Crippen LogP contribution >= 0.6 is 11.3 Å². The molecular weight excluding hydrogens is 246 g/mol. The van der Waals surface area contributed by atoms with E-state index in [9.17, 15) is 4.79 Å². The van der Waals surface area contributed by atoms with Crippen LogP contribution in [0.1, 0.15) is 11.8 Å². The van der Waals surface area contributed by atoms with Gasteiger partial charge >= 0.3 is 0 Å². The highest BCUT2D eigenvalue weighted by molar-refractivity contribution is 7.09. The van der Waals surface area contributed by atoms with Gasteiger partial charge in [0.1, 0.15) is 0 Å². The van der Waals surface area contributed by atoms with Crippen molar-refractivity contribution in [2.75, 3.05) is 26.7 Å². The average Bonchev–Trinajstić information content (AvgIpc) is 2.90. The third-order valence-corrected chi connectivity index (χ3v) is 4.36. The lowest BCUT2D eigenvalue weighted by molar-refractivity contribution is -0.131. The van der Waals surface area contributed by atoms with Crippen LogP contribution in [0.15, 0.2) is 17.5 Å². The Labute approximate surface area is 112 Å². The van der Waals surface area contributed by atoms with Crippen LogP contribution < -0.4 is 5.73 Å². The molecule has 1 amide bonds. The number of carbonyl (C=O) groups excluding carboxylic acids is 1. The number of nitrogens with two attached hydrogens (primary N) is 1. The number of likely N-dealkylation sites (tertiary alicyclic amines) is 1. The van der Waals surface area contributed by atoms with Crippen LogP contribution in [-0.4, -0.2) is 48.4 Å². The molecule has 2 unspecified atom stereocenters. The van der Waals surface area contributed by atoms with Crippen LogP contribution in [0.25, 0.3) is 0 Å². The maximum absolute atomic E-state index is 12.1. The van der Waals surface area contributed by atoms with Gasteiger partial charge in [-0.1, -0.05) is 13.0 Å². The molecule has 0 radical (unpaired) electrons. The molecule has 18 heavy (non-hydrogen) atoms. The molecule has 4 nitrogen and oxygen atoms in total. The van der Waals surface area contributed by atoms with Gasteiger partial charge in [-0.05, 0) is 17.4 Å².